The van der Waals surface area contributed by atoms with Gasteiger partial charge < -0.3 is 15.5 Å². The Kier molecular flexibility index (Phi) is 11.2. The van der Waals surface area contributed by atoms with Gasteiger partial charge in [-0.1, -0.05) is 37.1 Å². The minimum atomic E-state index is 0. The molecule has 2 N–H and O–H groups in total. The van der Waals surface area contributed by atoms with E-state index in [4.69, 9.17) is 4.99 Å². The number of carbonyl (C=O) groups excluding carboxylic acids is 1. The highest BCUT2D eigenvalue weighted by atomic mass is 127. The van der Waals surface area contributed by atoms with E-state index in [2.05, 4.69) is 72.5 Å². The fourth-order valence-electron chi connectivity index (χ4n) is 4.50. The van der Waals surface area contributed by atoms with Gasteiger partial charge in [-0.15, -0.1) is 24.0 Å². The Balaban J connectivity index is 0.00000363. The van der Waals surface area contributed by atoms with Crippen LogP contribution in [0.5, 0.6) is 0 Å². The Labute approximate surface area is 211 Å². The van der Waals surface area contributed by atoms with Crippen LogP contribution in [-0.2, 0) is 17.9 Å². The summed E-state index contributed by atoms with van der Waals surface area (Å²) in [7, 11) is 2.16. The van der Waals surface area contributed by atoms with Crippen LogP contribution < -0.4 is 10.6 Å². The second-order valence-electron chi connectivity index (χ2n) is 9.37. The van der Waals surface area contributed by atoms with E-state index in [0.717, 1.165) is 51.4 Å². The summed E-state index contributed by atoms with van der Waals surface area (Å²) < 4.78 is 0. The van der Waals surface area contributed by atoms with Crippen molar-refractivity contribution in [2.75, 3.05) is 26.7 Å². The van der Waals surface area contributed by atoms with Crippen LogP contribution in [0.1, 0.15) is 64.0 Å². The molecule has 180 valence electrons. The first-order chi connectivity index (χ1) is 15.0. The van der Waals surface area contributed by atoms with Gasteiger partial charge in [0.25, 0.3) is 0 Å². The van der Waals surface area contributed by atoms with E-state index in [-0.39, 0.29) is 35.9 Å². The standard InChI is InChI=1S/C25H41N5O.HI/c1-5-26-25(27-16-21-12-8-9-13-22(21)17-29(4)19(2)3)28-23-14-15-30(18-23)24(31)20-10-6-7-11-20;/h8-9,12-13,19-20,23H,5-7,10-11,14-18H2,1-4H3,(H2,26,27,28);1H. The molecule has 1 unspecified atom stereocenters. The third-order valence-electron chi connectivity index (χ3n) is 6.72. The minimum Gasteiger partial charge on any atom is -0.357 e. The molecule has 2 fully saturated rings. The topological polar surface area (TPSA) is 60.0 Å². The number of rotatable bonds is 8. The second kappa shape index (κ2) is 13.4. The number of halogens is 1. The van der Waals surface area contributed by atoms with Crippen molar-refractivity contribution in [3.05, 3.63) is 35.4 Å². The first kappa shape index (κ1) is 26.9. The second-order valence-corrected chi connectivity index (χ2v) is 9.37. The van der Waals surface area contributed by atoms with Crippen molar-refractivity contribution in [1.29, 1.82) is 0 Å². The van der Waals surface area contributed by atoms with Crippen molar-refractivity contribution < 1.29 is 4.79 Å². The Morgan fingerprint density at radius 2 is 1.88 bits per heavy atom. The molecule has 1 aromatic rings. The van der Waals surface area contributed by atoms with Gasteiger partial charge in [0.15, 0.2) is 5.96 Å². The number of carbonyl (C=O) groups is 1. The molecule has 0 spiro atoms. The highest BCUT2D eigenvalue weighted by Gasteiger charge is 2.32. The molecule has 32 heavy (non-hydrogen) atoms. The summed E-state index contributed by atoms with van der Waals surface area (Å²) in [5, 5.41) is 6.96. The lowest BCUT2D eigenvalue weighted by molar-refractivity contribution is -0.134. The molecule has 1 aliphatic heterocycles. The number of aliphatic imine (C=N–C) groups is 1. The van der Waals surface area contributed by atoms with Crippen LogP contribution in [0.4, 0.5) is 0 Å². The molecule has 1 atom stereocenters. The average Bonchev–Trinajstić information content (AvgIpc) is 3.45. The highest BCUT2D eigenvalue weighted by Crippen LogP contribution is 2.27. The van der Waals surface area contributed by atoms with Crippen LogP contribution >= 0.6 is 24.0 Å². The lowest BCUT2D eigenvalue weighted by Crippen LogP contribution is -2.45. The maximum atomic E-state index is 12.7. The zero-order valence-electron chi connectivity index (χ0n) is 20.3. The van der Waals surface area contributed by atoms with E-state index in [1.165, 1.54) is 24.0 Å². The van der Waals surface area contributed by atoms with Gasteiger partial charge in [0.1, 0.15) is 0 Å². The van der Waals surface area contributed by atoms with E-state index in [0.29, 0.717) is 18.5 Å². The van der Waals surface area contributed by atoms with Gasteiger partial charge in [0, 0.05) is 44.2 Å². The first-order valence-electron chi connectivity index (χ1n) is 12.1. The minimum absolute atomic E-state index is 0. The molecule has 1 aliphatic carbocycles. The van der Waals surface area contributed by atoms with Gasteiger partial charge in [-0.2, -0.15) is 0 Å². The molecule has 1 amide bonds. The van der Waals surface area contributed by atoms with E-state index >= 15 is 0 Å². The monoisotopic (exact) mass is 555 g/mol. The predicted octanol–water partition coefficient (Wildman–Crippen LogP) is 3.99. The number of nitrogens with one attached hydrogen (secondary N) is 2. The summed E-state index contributed by atoms with van der Waals surface area (Å²) in [4.78, 5) is 22.0. The highest BCUT2D eigenvalue weighted by molar-refractivity contribution is 14.0. The third kappa shape index (κ3) is 7.61. The number of benzene rings is 1. The molecule has 1 aromatic carbocycles. The number of hydrogen-bond acceptors (Lipinski definition) is 3. The SMILES string of the molecule is CCNC(=NCc1ccccc1CN(C)C(C)C)NC1CCN(C(=O)C2CCCC2)C1.I. The summed E-state index contributed by atoms with van der Waals surface area (Å²) in [6.45, 7) is 10.6. The fraction of sp³-hybridized carbons (Fsp3) is 0.680. The van der Waals surface area contributed by atoms with E-state index < -0.39 is 0 Å². The van der Waals surface area contributed by atoms with Gasteiger partial charge in [-0.05, 0) is 58.2 Å². The Morgan fingerprint density at radius 3 is 2.53 bits per heavy atom. The molecule has 1 saturated heterocycles. The molecular formula is C25H42IN5O. The van der Waals surface area contributed by atoms with Gasteiger partial charge >= 0.3 is 0 Å². The molecule has 7 heteroatoms. The molecule has 0 bridgehead atoms. The zero-order chi connectivity index (χ0) is 22.2. The Hall–Kier alpha value is -1.35. The first-order valence-corrected chi connectivity index (χ1v) is 12.1. The summed E-state index contributed by atoms with van der Waals surface area (Å²) in [5.41, 5.74) is 2.59. The van der Waals surface area contributed by atoms with Crippen molar-refractivity contribution in [3.8, 4) is 0 Å². The van der Waals surface area contributed by atoms with Crippen LogP contribution in [-0.4, -0.2) is 60.4 Å². The lowest BCUT2D eigenvalue weighted by atomic mass is 10.1. The quantitative estimate of drug-likeness (QED) is 0.290. The molecular weight excluding hydrogens is 513 g/mol. The van der Waals surface area contributed by atoms with Gasteiger partial charge in [-0.3, -0.25) is 9.69 Å². The van der Waals surface area contributed by atoms with Crippen LogP contribution in [0.25, 0.3) is 0 Å². The van der Waals surface area contributed by atoms with Crippen LogP contribution in [0.2, 0.25) is 0 Å². The van der Waals surface area contributed by atoms with E-state index in [1.807, 2.05) is 0 Å². The largest absolute Gasteiger partial charge is 0.357 e. The van der Waals surface area contributed by atoms with Crippen LogP contribution in [0, 0.1) is 5.92 Å². The van der Waals surface area contributed by atoms with Gasteiger partial charge in [0.2, 0.25) is 5.91 Å². The van der Waals surface area contributed by atoms with Crippen molar-refractivity contribution in [2.24, 2.45) is 10.9 Å². The average molecular weight is 556 g/mol. The summed E-state index contributed by atoms with van der Waals surface area (Å²) in [5.74, 6) is 1.47. The summed E-state index contributed by atoms with van der Waals surface area (Å²) >= 11 is 0. The van der Waals surface area contributed by atoms with Crippen molar-refractivity contribution in [1.82, 2.24) is 20.4 Å². The summed E-state index contributed by atoms with van der Waals surface area (Å²) in [6, 6.07) is 9.35. The smallest absolute Gasteiger partial charge is 0.225 e. The predicted molar refractivity (Wildman–Crippen MR) is 143 cm³/mol. The Bertz CT molecular complexity index is 748. The molecule has 3 rings (SSSR count). The number of likely N-dealkylation sites (tertiary alicyclic amines) is 1. The zero-order valence-corrected chi connectivity index (χ0v) is 22.6. The normalized spacial score (nSPS) is 19.5. The maximum absolute atomic E-state index is 12.7. The van der Waals surface area contributed by atoms with Crippen molar-refractivity contribution in [2.45, 2.75) is 78.0 Å². The van der Waals surface area contributed by atoms with Crippen molar-refractivity contribution in [3.63, 3.8) is 0 Å². The third-order valence-corrected chi connectivity index (χ3v) is 6.72. The maximum Gasteiger partial charge on any atom is 0.225 e. The molecule has 1 saturated carbocycles. The molecule has 2 aliphatic rings. The van der Waals surface area contributed by atoms with Crippen LogP contribution in [0.3, 0.4) is 0 Å². The van der Waals surface area contributed by atoms with Gasteiger partial charge in [-0.25, -0.2) is 4.99 Å². The lowest BCUT2D eigenvalue weighted by Gasteiger charge is -2.23. The summed E-state index contributed by atoms with van der Waals surface area (Å²) in [6.07, 6.45) is 5.54. The van der Waals surface area contributed by atoms with E-state index in [1.54, 1.807) is 0 Å². The number of nitrogens with zero attached hydrogens (tertiary/aromatic N) is 3. The van der Waals surface area contributed by atoms with Gasteiger partial charge in [0.05, 0.1) is 6.54 Å². The van der Waals surface area contributed by atoms with E-state index in [9.17, 15) is 4.79 Å². The molecule has 0 radical (unpaired) electrons. The number of guanidine groups is 1. The number of amides is 1. The molecule has 6 nitrogen and oxygen atoms in total. The molecule has 1 heterocycles. The molecule has 0 aromatic heterocycles. The van der Waals surface area contributed by atoms with Crippen molar-refractivity contribution >= 4 is 35.8 Å². The Morgan fingerprint density at radius 1 is 1.19 bits per heavy atom. The van der Waals surface area contributed by atoms with Crippen LogP contribution in [0.15, 0.2) is 29.3 Å². The number of hydrogen-bond donors (Lipinski definition) is 2. The fourth-order valence-corrected chi connectivity index (χ4v) is 4.50.